The first kappa shape index (κ1) is 15.2. The fourth-order valence-electron chi connectivity index (χ4n) is 2.43. The number of fused-ring (bicyclic) bond motifs is 1. The van der Waals surface area contributed by atoms with Crippen molar-refractivity contribution in [1.29, 1.82) is 0 Å². The Kier molecular flexibility index (Phi) is 3.42. The monoisotopic (exact) mass is 332 g/mol. The fourth-order valence-corrected chi connectivity index (χ4v) is 2.97. The number of phenols is 1. The van der Waals surface area contributed by atoms with E-state index in [0.717, 1.165) is 6.07 Å². The number of nitrogens with two attached hydrogens (primary N) is 1. The number of benzene rings is 2. The number of aromatic hydroxyl groups is 1. The van der Waals surface area contributed by atoms with E-state index in [4.69, 9.17) is 5.14 Å². The molecule has 1 aliphatic heterocycles. The number of amides is 1. The molecule has 3 N–H and O–H groups in total. The molecule has 0 saturated carbocycles. The molecule has 0 atom stereocenters. The molecule has 1 amide bonds. The van der Waals surface area contributed by atoms with Gasteiger partial charge < -0.3 is 10.0 Å². The van der Waals surface area contributed by atoms with Crippen LogP contribution in [0.25, 0.3) is 0 Å². The topological polar surface area (TPSA) is 118 Å². The van der Waals surface area contributed by atoms with Crippen molar-refractivity contribution in [1.82, 2.24) is 0 Å². The van der Waals surface area contributed by atoms with Crippen LogP contribution in [0.3, 0.4) is 0 Å². The van der Waals surface area contributed by atoms with Crippen molar-refractivity contribution in [3.63, 3.8) is 0 Å². The molecule has 3 rings (SSSR count). The maximum absolute atomic E-state index is 12.2. The number of carbonyl (C=O) groups excluding carboxylic acids is 2. The summed E-state index contributed by atoms with van der Waals surface area (Å²) in [6.45, 7) is -0.00102. The van der Waals surface area contributed by atoms with Gasteiger partial charge in [-0.3, -0.25) is 9.59 Å². The van der Waals surface area contributed by atoms with Gasteiger partial charge >= 0.3 is 0 Å². The molecule has 0 radical (unpaired) electrons. The molecule has 0 saturated heterocycles. The Morgan fingerprint density at radius 3 is 2.43 bits per heavy atom. The summed E-state index contributed by atoms with van der Waals surface area (Å²) in [5, 5.41) is 14.8. The molecule has 0 bridgehead atoms. The lowest BCUT2D eigenvalue weighted by Gasteiger charge is -2.17. The van der Waals surface area contributed by atoms with Gasteiger partial charge in [0.25, 0.3) is 11.7 Å². The van der Waals surface area contributed by atoms with E-state index in [9.17, 15) is 23.1 Å². The van der Waals surface area contributed by atoms with E-state index < -0.39 is 21.7 Å². The quantitative estimate of drug-likeness (QED) is 0.805. The summed E-state index contributed by atoms with van der Waals surface area (Å²) in [5.41, 5.74) is 0.740. The number of nitrogens with zero attached hydrogens (tertiary/aromatic N) is 1. The second kappa shape index (κ2) is 5.18. The normalized spacial score (nSPS) is 14.2. The van der Waals surface area contributed by atoms with Gasteiger partial charge in [0.15, 0.2) is 0 Å². The summed E-state index contributed by atoms with van der Waals surface area (Å²) in [6.07, 6.45) is 0. The van der Waals surface area contributed by atoms with Gasteiger partial charge in [0.05, 0.1) is 22.7 Å². The smallest absolute Gasteiger partial charge is 0.299 e. The Morgan fingerprint density at radius 1 is 1.09 bits per heavy atom. The highest BCUT2D eigenvalue weighted by Gasteiger charge is 2.36. The highest BCUT2D eigenvalue weighted by atomic mass is 32.2. The Bertz CT molecular complexity index is 937. The molecule has 0 spiro atoms. The summed E-state index contributed by atoms with van der Waals surface area (Å²) < 4.78 is 22.7. The van der Waals surface area contributed by atoms with Crippen LogP contribution in [0.2, 0.25) is 0 Å². The molecule has 8 heteroatoms. The summed E-state index contributed by atoms with van der Waals surface area (Å²) in [5.74, 6) is -1.59. The molecule has 0 aromatic heterocycles. The highest BCUT2D eigenvalue weighted by molar-refractivity contribution is 7.89. The first-order chi connectivity index (χ1) is 10.8. The summed E-state index contributed by atoms with van der Waals surface area (Å²) in [4.78, 5) is 25.2. The van der Waals surface area contributed by atoms with Crippen LogP contribution in [0.4, 0.5) is 5.69 Å². The largest absolute Gasteiger partial charge is 0.508 e. The number of rotatable bonds is 3. The van der Waals surface area contributed by atoms with Crippen molar-refractivity contribution in [3.8, 4) is 5.75 Å². The lowest BCUT2D eigenvalue weighted by atomic mass is 10.1. The molecule has 2 aromatic rings. The van der Waals surface area contributed by atoms with Crippen molar-refractivity contribution in [3.05, 3.63) is 53.6 Å². The molecule has 118 valence electrons. The number of sulfonamides is 1. The van der Waals surface area contributed by atoms with Crippen LogP contribution >= 0.6 is 0 Å². The fraction of sp³-hybridized carbons (Fsp3) is 0.0667. The summed E-state index contributed by atoms with van der Waals surface area (Å²) in [6, 6.07) is 10.1. The molecular formula is C15H12N2O5S. The minimum absolute atomic E-state index is 0.00102. The van der Waals surface area contributed by atoms with E-state index in [1.165, 1.54) is 23.1 Å². The standard InChI is InChI=1S/C15H12N2O5S/c16-23(21,22)10-5-6-12-11(7-10)14(19)15(20)17(12)8-9-3-1-2-4-13(9)18/h1-7,18H,8H2,(H2,16,21,22). The number of hydrogen-bond donors (Lipinski definition) is 2. The number of hydrogen-bond acceptors (Lipinski definition) is 5. The van der Waals surface area contributed by atoms with E-state index in [0.29, 0.717) is 5.56 Å². The third kappa shape index (κ3) is 2.58. The maximum Gasteiger partial charge on any atom is 0.299 e. The van der Waals surface area contributed by atoms with Crippen LogP contribution in [0.15, 0.2) is 47.4 Å². The van der Waals surface area contributed by atoms with Crippen molar-refractivity contribution in [2.45, 2.75) is 11.4 Å². The van der Waals surface area contributed by atoms with Gasteiger partial charge in [-0.25, -0.2) is 13.6 Å². The molecular weight excluding hydrogens is 320 g/mol. The SMILES string of the molecule is NS(=O)(=O)c1ccc2c(c1)C(=O)C(=O)N2Cc1ccccc1O. The van der Waals surface area contributed by atoms with Crippen LogP contribution in [-0.2, 0) is 21.4 Å². The Labute approximate surface area is 132 Å². The average molecular weight is 332 g/mol. The molecule has 0 fully saturated rings. The number of para-hydroxylation sites is 1. The molecule has 1 aliphatic rings. The lowest BCUT2D eigenvalue weighted by Crippen LogP contribution is -2.29. The number of Topliss-reactive ketones (excluding diaryl/α,β-unsaturated/α-hetero) is 1. The summed E-state index contributed by atoms with van der Waals surface area (Å²) >= 11 is 0. The molecule has 23 heavy (non-hydrogen) atoms. The number of anilines is 1. The molecule has 0 unspecified atom stereocenters. The first-order valence-corrected chi connectivity index (χ1v) is 8.13. The Hall–Kier alpha value is -2.71. The van der Waals surface area contributed by atoms with Gasteiger partial charge in [0.1, 0.15) is 5.75 Å². The predicted molar refractivity (Wildman–Crippen MR) is 81.4 cm³/mol. The molecule has 1 heterocycles. The van der Waals surface area contributed by atoms with Crippen molar-refractivity contribution in [2.24, 2.45) is 5.14 Å². The molecule has 7 nitrogen and oxygen atoms in total. The third-order valence-electron chi connectivity index (χ3n) is 3.59. The summed E-state index contributed by atoms with van der Waals surface area (Å²) in [7, 11) is -3.97. The van der Waals surface area contributed by atoms with E-state index in [1.807, 2.05) is 0 Å². The van der Waals surface area contributed by atoms with Gasteiger partial charge in [0.2, 0.25) is 10.0 Å². The van der Waals surface area contributed by atoms with Gasteiger partial charge in [0, 0.05) is 5.56 Å². The number of phenolic OH excluding ortho intramolecular Hbond substituents is 1. The van der Waals surface area contributed by atoms with Crippen LogP contribution < -0.4 is 10.0 Å². The zero-order valence-corrected chi connectivity index (χ0v) is 12.6. The van der Waals surface area contributed by atoms with Crippen molar-refractivity contribution in [2.75, 3.05) is 4.90 Å². The van der Waals surface area contributed by atoms with Crippen LogP contribution in [0.5, 0.6) is 5.75 Å². The number of ketones is 1. The predicted octanol–water partition coefficient (Wildman–Crippen LogP) is 0.769. The Morgan fingerprint density at radius 2 is 1.78 bits per heavy atom. The molecule has 2 aromatic carbocycles. The van der Waals surface area contributed by atoms with E-state index in [2.05, 4.69) is 0 Å². The van der Waals surface area contributed by atoms with Crippen molar-refractivity contribution >= 4 is 27.4 Å². The minimum Gasteiger partial charge on any atom is -0.508 e. The third-order valence-corrected chi connectivity index (χ3v) is 4.50. The van der Waals surface area contributed by atoms with Gasteiger partial charge in [-0.05, 0) is 24.3 Å². The highest BCUT2D eigenvalue weighted by Crippen LogP contribution is 2.33. The van der Waals surface area contributed by atoms with E-state index >= 15 is 0 Å². The maximum atomic E-state index is 12.2. The van der Waals surface area contributed by atoms with Crippen molar-refractivity contribution < 1.29 is 23.1 Å². The van der Waals surface area contributed by atoms with Crippen LogP contribution in [-0.4, -0.2) is 25.2 Å². The van der Waals surface area contributed by atoms with Gasteiger partial charge in [-0.2, -0.15) is 0 Å². The van der Waals surface area contributed by atoms with E-state index in [1.54, 1.807) is 18.2 Å². The second-order valence-corrected chi connectivity index (χ2v) is 6.63. The van der Waals surface area contributed by atoms with Gasteiger partial charge in [-0.1, -0.05) is 18.2 Å². The van der Waals surface area contributed by atoms with E-state index in [-0.39, 0.29) is 28.4 Å². The minimum atomic E-state index is -3.97. The van der Waals surface area contributed by atoms with Crippen LogP contribution in [0, 0.1) is 0 Å². The average Bonchev–Trinajstić information content (AvgIpc) is 2.73. The number of carbonyl (C=O) groups is 2. The lowest BCUT2D eigenvalue weighted by molar-refractivity contribution is -0.114. The Balaban J connectivity index is 2.05. The zero-order valence-electron chi connectivity index (χ0n) is 11.8. The van der Waals surface area contributed by atoms with Crippen LogP contribution in [0.1, 0.15) is 15.9 Å². The molecule has 0 aliphatic carbocycles. The van der Waals surface area contributed by atoms with Gasteiger partial charge in [-0.15, -0.1) is 0 Å². The second-order valence-electron chi connectivity index (χ2n) is 5.07. The number of primary sulfonamides is 1. The zero-order chi connectivity index (χ0) is 16.8. The first-order valence-electron chi connectivity index (χ1n) is 6.59.